The molecule has 0 radical (unpaired) electrons. The second-order valence-corrected chi connectivity index (χ2v) is 6.43. The van der Waals surface area contributed by atoms with E-state index in [1.54, 1.807) is 12.1 Å². The van der Waals surface area contributed by atoms with Gasteiger partial charge >= 0.3 is 0 Å². The first-order valence-electron chi connectivity index (χ1n) is 4.91. The minimum Gasteiger partial charge on any atom is -0.224 e. The van der Waals surface area contributed by atoms with Crippen LogP contribution >= 0.6 is 15.9 Å². The Kier molecular flexibility index (Phi) is 4.80. The van der Waals surface area contributed by atoms with E-state index in [0.717, 1.165) is 17.3 Å². The average molecular weight is 291 g/mol. The fourth-order valence-electron chi connectivity index (χ4n) is 1.25. The lowest BCUT2D eigenvalue weighted by molar-refractivity contribution is 0.593. The van der Waals surface area contributed by atoms with Gasteiger partial charge in [0, 0.05) is 5.33 Å². The standard InChI is InChI=1S/C11H15BrO2S/c1-10-4-6-11(7-5-10)15(13,14)9-3-2-8-12/h4-7H,2-3,8-9H2,1H3. The number of aryl methyl sites for hydroxylation is 1. The lowest BCUT2D eigenvalue weighted by atomic mass is 10.2. The maximum atomic E-state index is 11.8. The molecule has 4 heteroatoms. The van der Waals surface area contributed by atoms with Crippen molar-refractivity contribution in [2.75, 3.05) is 11.1 Å². The number of unbranched alkanes of at least 4 members (excludes halogenated alkanes) is 1. The molecule has 0 aromatic heterocycles. The Morgan fingerprint density at radius 2 is 1.73 bits per heavy atom. The lowest BCUT2D eigenvalue weighted by Crippen LogP contribution is -2.06. The maximum Gasteiger partial charge on any atom is 0.178 e. The van der Waals surface area contributed by atoms with Crippen LogP contribution < -0.4 is 0 Å². The van der Waals surface area contributed by atoms with E-state index in [9.17, 15) is 8.42 Å². The van der Waals surface area contributed by atoms with Crippen LogP contribution in [0.15, 0.2) is 29.2 Å². The van der Waals surface area contributed by atoms with Crippen LogP contribution in [0, 0.1) is 6.92 Å². The van der Waals surface area contributed by atoms with Gasteiger partial charge in [0.05, 0.1) is 10.6 Å². The summed E-state index contributed by atoms with van der Waals surface area (Å²) in [5.74, 6) is 0.238. The molecule has 0 bridgehead atoms. The van der Waals surface area contributed by atoms with E-state index in [1.165, 1.54) is 0 Å². The van der Waals surface area contributed by atoms with Crippen molar-refractivity contribution >= 4 is 25.8 Å². The molecule has 15 heavy (non-hydrogen) atoms. The zero-order valence-corrected chi connectivity index (χ0v) is 11.1. The van der Waals surface area contributed by atoms with Crippen molar-refractivity contribution in [2.24, 2.45) is 0 Å². The molecular formula is C11H15BrO2S. The van der Waals surface area contributed by atoms with Crippen LogP contribution in [0.4, 0.5) is 0 Å². The molecule has 0 saturated heterocycles. The van der Waals surface area contributed by atoms with E-state index in [-0.39, 0.29) is 5.75 Å². The summed E-state index contributed by atoms with van der Waals surface area (Å²) < 4.78 is 23.6. The number of sulfone groups is 1. The molecule has 0 atom stereocenters. The molecule has 0 unspecified atom stereocenters. The molecule has 1 aromatic carbocycles. The molecule has 0 aliphatic heterocycles. The summed E-state index contributed by atoms with van der Waals surface area (Å²) in [6.45, 7) is 1.95. The van der Waals surface area contributed by atoms with Crippen LogP contribution in [0.1, 0.15) is 18.4 Å². The van der Waals surface area contributed by atoms with Crippen molar-refractivity contribution in [3.63, 3.8) is 0 Å². The zero-order valence-electron chi connectivity index (χ0n) is 8.74. The summed E-state index contributed by atoms with van der Waals surface area (Å²) >= 11 is 3.29. The lowest BCUT2D eigenvalue weighted by Gasteiger charge is -2.03. The summed E-state index contributed by atoms with van der Waals surface area (Å²) in [5.41, 5.74) is 1.08. The molecule has 84 valence electrons. The Labute approximate surface area is 99.7 Å². The third-order valence-corrected chi connectivity index (χ3v) is 4.55. The number of benzene rings is 1. The van der Waals surface area contributed by atoms with Crippen LogP contribution in [0.2, 0.25) is 0 Å². The van der Waals surface area contributed by atoms with Crippen molar-refractivity contribution in [3.05, 3.63) is 29.8 Å². The maximum absolute atomic E-state index is 11.8. The minimum absolute atomic E-state index is 0.238. The third-order valence-electron chi connectivity index (χ3n) is 2.18. The molecule has 1 aromatic rings. The van der Waals surface area contributed by atoms with Gasteiger partial charge in [-0.25, -0.2) is 8.42 Å². The van der Waals surface area contributed by atoms with E-state index < -0.39 is 9.84 Å². The Balaban J connectivity index is 2.73. The fourth-order valence-corrected chi connectivity index (χ4v) is 3.02. The van der Waals surface area contributed by atoms with Crippen LogP contribution in [0.3, 0.4) is 0 Å². The van der Waals surface area contributed by atoms with E-state index in [2.05, 4.69) is 15.9 Å². The van der Waals surface area contributed by atoms with E-state index in [4.69, 9.17) is 0 Å². The number of alkyl halides is 1. The predicted octanol–water partition coefficient (Wildman–Crippen LogP) is 2.94. The first kappa shape index (κ1) is 12.7. The van der Waals surface area contributed by atoms with Gasteiger partial charge in [-0.3, -0.25) is 0 Å². The van der Waals surface area contributed by atoms with Gasteiger partial charge in [-0.2, -0.15) is 0 Å². The smallest absolute Gasteiger partial charge is 0.178 e. The molecule has 0 N–H and O–H groups in total. The van der Waals surface area contributed by atoms with Crippen molar-refractivity contribution in [1.29, 1.82) is 0 Å². The van der Waals surface area contributed by atoms with Crippen molar-refractivity contribution in [2.45, 2.75) is 24.7 Å². The van der Waals surface area contributed by atoms with Gasteiger partial charge in [-0.05, 0) is 31.9 Å². The van der Waals surface area contributed by atoms with Crippen molar-refractivity contribution < 1.29 is 8.42 Å². The minimum atomic E-state index is -3.07. The zero-order chi connectivity index (χ0) is 11.3. The Morgan fingerprint density at radius 1 is 1.13 bits per heavy atom. The summed E-state index contributed by atoms with van der Waals surface area (Å²) in [5, 5.41) is 0.858. The highest BCUT2D eigenvalue weighted by Crippen LogP contribution is 2.13. The first-order valence-corrected chi connectivity index (χ1v) is 7.69. The number of hydrogen-bond donors (Lipinski definition) is 0. The summed E-state index contributed by atoms with van der Waals surface area (Å²) in [6.07, 6.45) is 1.60. The van der Waals surface area contributed by atoms with E-state index >= 15 is 0 Å². The Hall–Kier alpha value is -0.350. The van der Waals surface area contributed by atoms with Gasteiger partial charge in [-0.1, -0.05) is 33.6 Å². The Morgan fingerprint density at radius 3 is 2.27 bits per heavy atom. The molecule has 0 aliphatic carbocycles. The predicted molar refractivity (Wildman–Crippen MR) is 66.3 cm³/mol. The highest BCUT2D eigenvalue weighted by molar-refractivity contribution is 9.09. The average Bonchev–Trinajstić information content (AvgIpc) is 2.18. The highest BCUT2D eigenvalue weighted by Gasteiger charge is 2.12. The largest absolute Gasteiger partial charge is 0.224 e. The second kappa shape index (κ2) is 5.66. The van der Waals surface area contributed by atoms with Gasteiger partial charge < -0.3 is 0 Å². The second-order valence-electron chi connectivity index (χ2n) is 3.53. The molecule has 1 rings (SSSR count). The van der Waals surface area contributed by atoms with Crippen LogP contribution in [-0.4, -0.2) is 19.5 Å². The third kappa shape index (κ3) is 3.95. The van der Waals surface area contributed by atoms with Gasteiger partial charge in [0.15, 0.2) is 9.84 Å². The summed E-state index contributed by atoms with van der Waals surface area (Å²) in [7, 11) is -3.07. The van der Waals surface area contributed by atoms with E-state index in [0.29, 0.717) is 11.3 Å². The van der Waals surface area contributed by atoms with Gasteiger partial charge in [0.1, 0.15) is 0 Å². The van der Waals surface area contributed by atoms with Crippen molar-refractivity contribution in [1.82, 2.24) is 0 Å². The SMILES string of the molecule is Cc1ccc(S(=O)(=O)CCCCBr)cc1. The van der Waals surface area contributed by atoms with Crippen molar-refractivity contribution in [3.8, 4) is 0 Å². The number of hydrogen-bond acceptors (Lipinski definition) is 2. The molecule has 0 aliphatic rings. The Bertz CT molecular complexity index is 395. The summed E-state index contributed by atoms with van der Waals surface area (Å²) in [4.78, 5) is 0.433. The van der Waals surface area contributed by atoms with E-state index in [1.807, 2.05) is 19.1 Å². The monoisotopic (exact) mass is 290 g/mol. The molecule has 0 spiro atoms. The quantitative estimate of drug-likeness (QED) is 0.617. The normalized spacial score (nSPS) is 11.6. The molecule has 0 saturated carbocycles. The number of halogens is 1. The fraction of sp³-hybridized carbons (Fsp3) is 0.455. The van der Waals surface area contributed by atoms with Crippen LogP contribution in [0.25, 0.3) is 0 Å². The molecule has 0 fully saturated rings. The van der Waals surface area contributed by atoms with Gasteiger partial charge in [-0.15, -0.1) is 0 Å². The molecule has 0 heterocycles. The summed E-state index contributed by atoms with van der Waals surface area (Å²) in [6, 6.07) is 7.02. The number of rotatable bonds is 5. The molecule has 0 amide bonds. The topological polar surface area (TPSA) is 34.1 Å². The highest BCUT2D eigenvalue weighted by atomic mass is 79.9. The molecular weight excluding hydrogens is 276 g/mol. The van der Waals surface area contributed by atoms with Crippen LogP contribution in [0.5, 0.6) is 0 Å². The van der Waals surface area contributed by atoms with Crippen LogP contribution in [-0.2, 0) is 9.84 Å². The van der Waals surface area contributed by atoms with Gasteiger partial charge in [0.2, 0.25) is 0 Å². The van der Waals surface area contributed by atoms with Gasteiger partial charge in [0.25, 0.3) is 0 Å². The first-order chi connectivity index (χ1) is 7.06. The molecule has 2 nitrogen and oxygen atoms in total.